The van der Waals surface area contributed by atoms with E-state index in [0.29, 0.717) is 5.56 Å². The third kappa shape index (κ3) is 1.97. The molecule has 0 aliphatic heterocycles. The number of benzene rings is 1. The van der Waals surface area contributed by atoms with Gasteiger partial charge in [0.05, 0.1) is 0 Å². The summed E-state index contributed by atoms with van der Waals surface area (Å²) < 4.78 is 0. The molecule has 0 aliphatic carbocycles. The summed E-state index contributed by atoms with van der Waals surface area (Å²) in [6.07, 6.45) is 0. The Hall–Kier alpha value is -1.55. The molecule has 0 aromatic heterocycles. The number of carbonyl (C=O) groups is 1. The number of aromatic hydroxyl groups is 1. The maximum atomic E-state index is 10.5. The Morgan fingerprint density at radius 3 is 2.54 bits per heavy atom. The maximum absolute atomic E-state index is 10.5. The van der Waals surface area contributed by atoms with Gasteiger partial charge in [0.1, 0.15) is 11.3 Å². The van der Waals surface area contributed by atoms with Gasteiger partial charge in [-0.3, -0.25) is 0 Å². The third-order valence-corrected chi connectivity index (χ3v) is 1.78. The Morgan fingerprint density at radius 1 is 1.54 bits per heavy atom. The summed E-state index contributed by atoms with van der Waals surface area (Å²) in [6.45, 7) is 1.76. The number of rotatable bonds is 2. The van der Waals surface area contributed by atoms with Crippen LogP contribution in [-0.2, 0) is 0 Å². The van der Waals surface area contributed by atoms with Crippen molar-refractivity contribution in [2.75, 3.05) is 0 Å². The smallest absolute Gasteiger partial charge is 0.339 e. The van der Waals surface area contributed by atoms with Gasteiger partial charge in [0, 0.05) is 6.04 Å². The first kappa shape index (κ1) is 9.54. The lowest BCUT2D eigenvalue weighted by Gasteiger charge is -2.06. The Morgan fingerprint density at radius 2 is 2.15 bits per heavy atom. The highest BCUT2D eigenvalue weighted by Gasteiger charge is 2.10. The molecule has 0 heterocycles. The van der Waals surface area contributed by atoms with Crippen molar-refractivity contribution >= 4 is 5.97 Å². The van der Waals surface area contributed by atoms with Crippen molar-refractivity contribution < 1.29 is 15.0 Å². The zero-order chi connectivity index (χ0) is 10.0. The topological polar surface area (TPSA) is 83.6 Å². The van der Waals surface area contributed by atoms with Gasteiger partial charge < -0.3 is 15.9 Å². The molecular formula is C9H11NO3. The molecule has 1 aromatic carbocycles. The second-order valence-corrected chi connectivity index (χ2v) is 2.87. The lowest BCUT2D eigenvalue weighted by atomic mass is 10.1. The highest BCUT2D eigenvalue weighted by atomic mass is 16.4. The molecule has 0 radical (unpaired) electrons. The number of nitrogens with two attached hydrogens (primary N) is 1. The molecule has 4 heteroatoms. The standard InChI is InChI=1S/C9H11NO3/c1-5(10)6-2-3-7(9(12)13)8(11)4-6/h2-5,11H,10H2,1H3,(H,12,13). The molecule has 0 spiro atoms. The van der Waals surface area contributed by atoms with Crippen LogP contribution >= 0.6 is 0 Å². The van der Waals surface area contributed by atoms with E-state index in [-0.39, 0.29) is 17.4 Å². The molecule has 4 nitrogen and oxygen atoms in total. The van der Waals surface area contributed by atoms with Crippen LogP contribution in [-0.4, -0.2) is 16.2 Å². The molecule has 0 bridgehead atoms. The van der Waals surface area contributed by atoms with Crippen molar-refractivity contribution in [3.63, 3.8) is 0 Å². The fourth-order valence-electron chi connectivity index (χ4n) is 1.01. The molecule has 13 heavy (non-hydrogen) atoms. The van der Waals surface area contributed by atoms with Gasteiger partial charge in [-0.05, 0) is 24.6 Å². The van der Waals surface area contributed by atoms with Crippen LogP contribution in [0.1, 0.15) is 28.9 Å². The van der Waals surface area contributed by atoms with E-state index in [1.54, 1.807) is 13.0 Å². The average Bonchev–Trinajstić information content (AvgIpc) is 2.03. The first-order valence-electron chi connectivity index (χ1n) is 3.84. The van der Waals surface area contributed by atoms with E-state index in [2.05, 4.69) is 0 Å². The van der Waals surface area contributed by atoms with Crippen LogP contribution in [0.25, 0.3) is 0 Å². The number of phenols is 1. The predicted octanol–water partition coefficient (Wildman–Crippen LogP) is 1.11. The zero-order valence-corrected chi connectivity index (χ0v) is 7.19. The number of carboxylic acid groups (broad SMARTS) is 1. The van der Waals surface area contributed by atoms with Gasteiger partial charge in [-0.1, -0.05) is 6.07 Å². The Kier molecular flexibility index (Phi) is 2.53. The summed E-state index contributed by atoms with van der Waals surface area (Å²) in [5.41, 5.74) is 6.15. The van der Waals surface area contributed by atoms with Gasteiger partial charge >= 0.3 is 5.97 Å². The summed E-state index contributed by atoms with van der Waals surface area (Å²) >= 11 is 0. The number of hydrogen-bond acceptors (Lipinski definition) is 3. The lowest BCUT2D eigenvalue weighted by molar-refractivity contribution is 0.0693. The second kappa shape index (κ2) is 3.45. The number of aromatic carboxylic acids is 1. The predicted molar refractivity (Wildman–Crippen MR) is 47.7 cm³/mol. The van der Waals surface area contributed by atoms with Gasteiger partial charge in [-0.2, -0.15) is 0 Å². The fraction of sp³-hybridized carbons (Fsp3) is 0.222. The first-order chi connectivity index (χ1) is 6.02. The van der Waals surface area contributed by atoms with Crippen LogP contribution in [0.2, 0.25) is 0 Å². The molecule has 1 atom stereocenters. The molecule has 1 rings (SSSR count). The van der Waals surface area contributed by atoms with E-state index in [4.69, 9.17) is 10.8 Å². The third-order valence-electron chi connectivity index (χ3n) is 1.78. The zero-order valence-electron chi connectivity index (χ0n) is 7.19. The highest BCUT2D eigenvalue weighted by molar-refractivity contribution is 5.90. The molecule has 1 unspecified atom stereocenters. The van der Waals surface area contributed by atoms with E-state index < -0.39 is 5.97 Å². The van der Waals surface area contributed by atoms with Gasteiger partial charge in [0.25, 0.3) is 0 Å². The van der Waals surface area contributed by atoms with Crippen molar-refractivity contribution in [1.29, 1.82) is 0 Å². The van der Waals surface area contributed by atoms with Gasteiger partial charge in [-0.15, -0.1) is 0 Å². The molecular weight excluding hydrogens is 170 g/mol. The van der Waals surface area contributed by atoms with E-state index in [1.165, 1.54) is 12.1 Å². The lowest BCUT2D eigenvalue weighted by Crippen LogP contribution is -2.05. The monoisotopic (exact) mass is 181 g/mol. The minimum Gasteiger partial charge on any atom is -0.507 e. The molecule has 4 N–H and O–H groups in total. The van der Waals surface area contributed by atoms with E-state index in [9.17, 15) is 9.90 Å². The maximum Gasteiger partial charge on any atom is 0.339 e. The Balaban J connectivity index is 3.13. The van der Waals surface area contributed by atoms with Gasteiger partial charge in [-0.25, -0.2) is 4.79 Å². The molecule has 0 aliphatic rings. The molecule has 1 aromatic rings. The summed E-state index contributed by atoms with van der Waals surface area (Å²) in [4.78, 5) is 10.5. The Labute approximate surface area is 75.6 Å². The van der Waals surface area contributed by atoms with Gasteiger partial charge in [0.2, 0.25) is 0 Å². The summed E-state index contributed by atoms with van der Waals surface area (Å²) in [5.74, 6) is -1.39. The van der Waals surface area contributed by atoms with E-state index in [1.807, 2.05) is 0 Å². The molecule has 70 valence electrons. The number of carboxylic acids is 1. The summed E-state index contributed by atoms with van der Waals surface area (Å²) in [6, 6.07) is 4.09. The van der Waals surface area contributed by atoms with Crippen molar-refractivity contribution in [3.8, 4) is 5.75 Å². The number of hydrogen-bond donors (Lipinski definition) is 3. The van der Waals surface area contributed by atoms with E-state index >= 15 is 0 Å². The van der Waals surface area contributed by atoms with Crippen LogP contribution in [0, 0.1) is 0 Å². The quantitative estimate of drug-likeness (QED) is 0.638. The molecule has 0 saturated heterocycles. The second-order valence-electron chi connectivity index (χ2n) is 2.87. The van der Waals surface area contributed by atoms with Crippen LogP contribution < -0.4 is 5.73 Å². The fourth-order valence-corrected chi connectivity index (χ4v) is 1.01. The summed E-state index contributed by atoms with van der Waals surface area (Å²) in [7, 11) is 0. The van der Waals surface area contributed by atoms with Crippen LogP contribution in [0.15, 0.2) is 18.2 Å². The van der Waals surface area contributed by atoms with Crippen LogP contribution in [0.5, 0.6) is 5.75 Å². The minimum absolute atomic E-state index is 0.107. The normalized spacial score (nSPS) is 12.5. The van der Waals surface area contributed by atoms with Gasteiger partial charge in [0.15, 0.2) is 0 Å². The largest absolute Gasteiger partial charge is 0.507 e. The first-order valence-corrected chi connectivity index (χ1v) is 3.84. The van der Waals surface area contributed by atoms with E-state index in [0.717, 1.165) is 0 Å². The van der Waals surface area contributed by atoms with Crippen molar-refractivity contribution in [2.24, 2.45) is 5.73 Å². The van der Waals surface area contributed by atoms with Crippen LogP contribution in [0.4, 0.5) is 0 Å². The van der Waals surface area contributed by atoms with Crippen molar-refractivity contribution in [1.82, 2.24) is 0 Å². The van der Waals surface area contributed by atoms with Crippen LogP contribution in [0.3, 0.4) is 0 Å². The average molecular weight is 181 g/mol. The minimum atomic E-state index is -1.14. The molecule has 0 fully saturated rings. The van der Waals surface area contributed by atoms with Crippen molar-refractivity contribution in [2.45, 2.75) is 13.0 Å². The van der Waals surface area contributed by atoms with Crippen molar-refractivity contribution in [3.05, 3.63) is 29.3 Å². The SMILES string of the molecule is CC(N)c1ccc(C(=O)O)c(O)c1. The molecule has 0 saturated carbocycles. The molecule has 0 amide bonds. The Bertz CT molecular complexity index is 334. The highest BCUT2D eigenvalue weighted by Crippen LogP contribution is 2.21. The summed E-state index contributed by atoms with van der Waals surface area (Å²) in [5, 5.41) is 17.9.